The molecule has 3 fully saturated rings. The van der Waals surface area contributed by atoms with Crippen molar-refractivity contribution in [3.8, 4) is 0 Å². The maximum Gasteiger partial charge on any atom is 0.0894 e. The van der Waals surface area contributed by atoms with E-state index < -0.39 is 0 Å². The molecule has 1 aromatic carbocycles. The molecule has 0 unspecified atom stereocenters. The van der Waals surface area contributed by atoms with E-state index >= 15 is 0 Å². The minimum Gasteiger partial charge on any atom is -0.251 e. The monoisotopic (exact) mass is 454 g/mol. The van der Waals surface area contributed by atoms with Crippen LogP contribution in [0.25, 0.3) is 0 Å². The first kappa shape index (κ1) is 25.2. The third-order valence-electron chi connectivity index (χ3n) is 10.2. The normalized spacial score (nSPS) is 33.2. The van der Waals surface area contributed by atoms with Crippen molar-refractivity contribution in [2.75, 3.05) is 6.67 Å². The van der Waals surface area contributed by atoms with Crippen LogP contribution in [-0.4, -0.2) is 6.67 Å². The van der Waals surface area contributed by atoms with E-state index in [0.717, 1.165) is 48.3 Å². The molecular weight excluding hydrogens is 403 g/mol. The fraction of sp³-hybridized carbons (Fsp3) is 0.812. The van der Waals surface area contributed by atoms with Gasteiger partial charge in [0, 0.05) is 0 Å². The van der Waals surface area contributed by atoms with Crippen LogP contribution < -0.4 is 0 Å². The molecule has 0 nitrogen and oxygen atoms in total. The fourth-order valence-electron chi connectivity index (χ4n) is 7.77. The van der Waals surface area contributed by atoms with E-state index in [1.54, 1.807) is 38.5 Å². The Morgan fingerprint density at radius 3 is 1.45 bits per heavy atom. The Morgan fingerprint density at radius 1 is 0.576 bits per heavy atom. The Bertz CT molecular complexity index is 640. The molecule has 0 heterocycles. The first-order valence-electron chi connectivity index (χ1n) is 14.9. The van der Waals surface area contributed by atoms with Crippen molar-refractivity contribution >= 4 is 0 Å². The van der Waals surface area contributed by atoms with Crippen LogP contribution in [0, 0.1) is 35.5 Å². The van der Waals surface area contributed by atoms with Gasteiger partial charge < -0.3 is 0 Å². The minimum atomic E-state index is -0.179. The number of hydrogen-bond acceptors (Lipinski definition) is 0. The van der Waals surface area contributed by atoms with Crippen molar-refractivity contribution in [2.24, 2.45) is 35.5 Å². The lowest BCUT2D eigenvalue weighted by Crippen LogP contribution is -2.29. The van der Waals surface area contributed by atoms with Gasteiger partial charge in [-0.25, -0.2) is 0 Å². The standard InChI is InChI=1S/C32H51F/c1-2-25-12-16-29(17-13-25)31-20-22-32(23-21-31)30-18-14-28(15-19-30)11-10-27-8-6-26(7-9-27)5-3-4-24-33/h6-9,25,28-32H,2-5,10-24H2,1H3/t25-,28?,29-,30?,31-,32-. The zero-order chi connectivity index (χ0) is 22.9. The largest absolute Gasteiger partial charge is 0.251 e. The van der Waals surface area contributed by atoms with Crippen LogP contribution in [0.3, 0.4) is 0 Å². The van der Waals surface area contributed by atoms with Gasteiger partial charge in [0.1, 0.15) is 0 Å². The highest BCUT2D eigenvalue weighted by molar-refractivity contribution is 5.22. The predicted molar refractivity (Wildman–Crippen MR) is 140 cm³/mol. The van der Waals surface area contributed by atoms with Crippen molar-refractivity contribution in [2.45, 2.75) is 122 Å². The highest BCUT2D eigenvalue weighted by Crippen LogP contribution is 2.46. The van der Waals surface area contributed by atoms with Gasteiger partial charge in [-0.2, -0.15) is 0 Å². The van der Waals surface area contributed by atoms with Gasteiger partial charge in [0.2, 0.25) is 0 Å². The lowest BCUT2D eigenvalue weighted by atomic mass is 9.64. The number of rotatable bonds is 10. The maximum absolute atomic E-state index is 12.3. The molecule has 33 heavy (non-hydrogen) atoms. The van der Waals surface area contributed by atoms with Crippen molar-refractivity contribution in [1.82, 2.24) is 0 Å². The molecule has 186 valence electrons. The van der Waals surface area contributed by atoms with Crippen molar-refractivity contribution in [3.05, 3.63) is 35.4 Å². The Balaban J connectivity index is 1.11. The average Bonchev–Trinajstić information content (AvgIpc) is 2.89. The van der Waals surface area contributed by atoms with Gasteiger partial charge in [-0.05, 0) is 130 Å². The molecule has 0 bridgehead atoms. The third-order valence-corrected chi connectivity index (χ3v) is 10.2. The molecular formula is C32H51F. The average molecular weight is 455 g/mol. The van der Waals surface area contributed by atoms with E-state index in [2.05, 4.69) is 31.2 Å². The zero-order valence-electron chi connectivity index (χ0n) is 21.6. The second-order valence-electron chi connectivity index (χ2n) is 12.1. The molecule has 0 amide bonds. The van der Waals surface area contributed by atoms with E-state index in [4.69, 9.17) is 0 Å². The van der Waals surface area contributed by atoms with E-state index in [1.807, 2.05) is 0 Å². The number of halogens is 1. The van der Waals surface area contributed by atoms with Crippen LogP contribution in [0.1, 0.15) is 121 Å². The smallest absolute Gasteiger partial charge is 0.0894 e. The fourth-order valence-corrected chi connectivity index (χ4v) is 7.77. The van der Waals surface area contributed by atoms with Gasteiger partial charge in [0.25, 0.3) is 0 Å². The molecule has 1 aromatic rings. The molecule has 0 radical (unpaired) electrons. The highest BCUT2D eigenvalue weighted by Gasteiger charge is 2.34. The number of alkyl halides is 1. The second kappa shape index (κ2) is 13.3. The molecule has 3 aliphatic carbocycles. The summed E-state index contributed by atoms with van der Waals surface area (Å²) >= 11 is 0. The van der Waals surface area contributed by atoms with Gasteiger partial charge in [-0.1, -0.05) is 63.3 Å². The Hall–Kier alpha value is -0.850. The summed E-state index contributed by atoms with van der Waals surface area (Å²) in [6.45, 7) is 2.21. The maximum atomic E-state index is 12.3. The zero-order valence-corrected chi connectivity index (χ0v) is 21.6. The Morgan fingerprint density at radius 2 is 1.00 bits per heavy atom. The summed E-state index contributed by atoms with van der Waals surface area (Å²) in [5, 5.41) is 0. The van der Waals surface area contributed by atoms with E-state index in [-0.39, 0.29) is 6.67 Å². The SMILES string of the molecule is CC[C@H]1CC[C@H]([C@H]2CC[C@H](C3CCC(CCc4ccc(CCCCF)cc4)CC3)CC2)CC1. The topological polar surface area (TPSA) is 0 Å². The lowest BCUT2D eigenvalue weighted by Gasteiger charge is -2.41. The molecule has 3 saturated carbocycles. The number of aryl methyl sites for hydroxylation is 2. The van der Waals surface area contributed by atoms with Crippen molar-refractivity contribution in [3.63, 3.8) is 0 Å². The third kappa shape index (κ3) is 7.57. The van der Waals surface area contributed by atoms with Crippen LogP contribution in [0.4, 0.5) is 4.39 Å². The van der Waals surface area contributed by atoms with Crippen LogP contribution in [0.2, 0.25) is 0 Å². The summed E-state index contributed by atoms with van der Waals surface area (Å²) < 4.78 is 12.3. The molecule has 0 N–H and O–H groups in total. The van der Waals surface area contributed by atoms with Crippen LogP contribution >= 0.6 is 0 Å². The molecule has 0 aliphatic heterocycles. The predicted octanol–water partition coefficient (Wildman–Crippen LogP) is 9.74. The molecule has 0 aromatic heterocycles. The van der Waals surface area contributed by atoms with Gasteiger partial charge in [-0.15, -0.1) is 0 Å². The van der Waals surface area contributed by atoms with Gasteiger partial charge in [0.05, 0.1) is 6.67 Å². The van der Waals surface area contributed by atoms with Gasteiger partial charge in [-0.3, -0.25) is 4.39 Å². The van der Waals surface area contributed by atoms with Crippen molar-refractivity contribution in [1.29, 1.82) is 0 Å². The summed E-state index contributed by atoms with van der Waals surface area (Å²) in [6, 6.07) is 9.19. The first-order chi connectivity index (χ1) is 16.2. The summed E-state index contributed by atoms with van der Waals surface area (Å²) in [4.78, 5) is 0. The molecule has 3 aliphatic rings. The van der Waals surface area contributed by atoms with Crippen molar-refractivity contribution < 1.29 is 4.39 Å². The lowest BCUT2D eigenvalue weighted by molar-refractivity contribution is 0.103. The van der Waals surface area contributed by atoms with Gasteiger partial charge >= 0.3 is 0 Å². The van der Waals surface area contributed by atoms with Crippen LogP contribution in [0.15, 0.2) is 24.3 Å². The molecule has 0 atom stereocenters. The number of hydrogen-bond donors (Lipinski definition) is 0. The molecule has 4 rings (SSSR count). The molecule has 1 heteroatoms. The van der Waals surface area contributed by atoms with Crippen LogP contribution in [-0.2, 0) is 12.8 Å². The van der Waals surface area contributed by atoms with E-state index in [9.17, 15) is 4.39 Å². The summed E-state index contributed by atoms with van der Waals surface area (Å²) in [5.74, 6) is 6.25. The van der Waals surface area contributed by atoms with Gasteiger partial charge in [0.15, 0.2) is 0 Å². The number of unbranched alkanes of at least 4 members (excludes halogenated alkanes) is 1. The van der Waals surface area contributed by atoms with E-state index in [1.165, 1.54) is 68.9 Å². The van der Waals surface area contributed by atoms with Crippen LogP contribution in [0.5, 0.6) is 0 Å². The highest BCUT2D eigenvalue weighted by atomic mass is 19.1. The summed E-state index contributed by atoms with van der Waals surface area (Å²) in [7, 11) is 0. The molecule has 0 saturated heterocycles. The number of benzene rings is 1. The van der Waals surface area contributed by atoms with E-state index in [0.29, 0.717) is 6.42 Å². The quantitative estimate of drug-likeness (QED) is 0.309. The summed E-state index contributed by atoms with van der Waals surface area (Å²) in [6.07, 6.45) is 25.0. The Kier molecular flexibility index (Phi) is 10.2. The second-order valence-corrected chi connectivity index (χ2v) is 12.1. The Labute approximate surface area is 204 Å². The minimum absolute atomic E-state index is 0.179. The molecule has 0 spiro atoms. The first-order valence-corrected chi connectivity index (χ1v) is 14.9. The summed E-state index contributed by atoms with van der Waals surface area (Å²) in [5.41, 5.74) is 2.87.